The molecule has 20 heavy (non-hydrogen) atoms. The van der Waals surface area contributed by atoms with E-state index < -0.39 is 0 Å². The van der Waals surface area contributed by atoms with E-state index in [1.807, 2.05) is 19.1 Å². The van der Waals surface area contributed by atoms with E-state index in [1.165, 1.54) is 19.3 Å². The first kappa shape index (κ1) is 12.2. The van der Waals surface area contributed by atoms with Crippen LogP contribution in [0.1, 0.15) is 36.7 Å². The highest BCUT2D eigenvalue weighted by atomic mass is 16.2. The van der Waals surface area contributed by atoms with Crippen molar-refractivity contribution in [2.75, 3.05) is 11.9 Å². The van der Waals surface area contributed by atoms with Crippen molar-refractivity contribution in [2.24, 2.45) is 23.7 Å². The van der Waals surface area contributed by atoms with Gasteiger partial charge >= 0.3 is 0 Å². The van der Waals surface area contributed by atoms with Crippen LogP contribution in [0.5, 0.6) is 0 Å². The maximum absolute atomic E-state index is 12.3. The standard InChI is InChI=1S/C16H21N3O/c1-2-17-11-5-6-18-12(8-11)16(20)19-15-13-9-3-4-10(7-9)14(13)15/h5-6,8-10,13-15H,2-4,7H2,1H3,(H,17,18)(H,19,20). The maximum Gasteiger partial charge on any atom is 0.270 e. The predicted octanol–water partition coefficient (Wildman–Crippen LogP) is 2.29. The number of carbonyl (C=O) groups excluding carboxylic acids is 1. The number of hydrogen-bond donors (Lipinski definition) is 2. The molecule has 0 aromatic carbocycles. The van der Waals surface area contributed by atoms with Crippen LogP contribution in [0.2, 0.25) is 0 Å². The van der Waals surface area contributed by atoms with Crippen LogP contribution >= 0.6 is 0 Å². The van der Waals surface area contributed by atoms with Gasteiger partial charge in [0, 0.05) is 24.5 Å². The fourth-order valence-corrected chi connectivity index (χ4v) is 4.61. The molecule has 4 unspecified atom stereocenters. The number of rotatable bonds is 4. The SMILES string of the molecule is CCNc1ccnc(C(=O)NC2C3C4CCC(C4)C23)c1. The zero-order valence-corrected chi connectivity index (χ0v) is 11.8. The smallest absolute Gasteiger partial charge is 0.270 e. The number of amides is 1. The molecule has 3 fully saturated rings. The van der Waals surface area contributed by atoms with Crippen LogP contribution in [0.25, 0.3) is 0 Å². The van der Waals surface area contributed by atoms with Gasteiger partial charge in [0.05, 0.1) is 0 Å². The van der Waals surface area contributed by atoms with Gasteiger partial charge in [-0.15, -0.1) is 0 Å². The number of carbonyl (C=O) groups is 1. The summed E-state index contributed by atoms with van der Waals surface area (Å²) < 4.78 is 0. The van der Waals surface area contributed by atoms with E-state index in [2.05, 4.69) is 15.6 Å². The summed E-state index contributed by atoms with van der Waals surface area (Å²) in [7, 11) is 0. The first-order valence-corrected chi connectivity index (χ1v) is 7.78. The molecule has 3 aliphatic carbocycles. The second kappa shape index (κ2) is 4.47. The van der Waals surface area contributed by atoms with Crippen molar-refractivity contribution >= 4 is 11.6 Å². The van der Waals surface area contributed by atoms with Gasteiger partial charge in [-0.2, -0.15) is 0 Å². The van der Waals surface area contributed by atoms with Gasteiger partial charge in [-0.25, -0.2) is 0 Å². The monoisotopic (exact) mass is 271 g/mol. The Morgan fingerprint density at radius 3 is 2.80 bits per heavy atom. The molecule has 2 N–H and O–H groups in total. The number of nitrogens with zero attached hydrogens (tertiary/aromatic N) is 1. The number of fused-ring (bicyclic) bond motifs is 5. The number of aromatic nitrogens is 1. The second-order valence-electron chi connectivity index (χ2n) is 6.45. The number of pyridine rings is 1. The van der Waals surface area contributed by atoms with Crippen LogP contribution in [0.4, 0.5) is 5.69 Å². The van der Waals surface area contributed by atoms with E-state index in [4.69, 9.17) is 0 Å². The van der Waals surface area contributed by atoms with Gasteiger partial charge in [-0.3, -0.25) is 9.78 Å². The lowest BCUT2D eigenvalue weighted by Crippen LogP contribution is -2.30. The highest BCUT2D eigenvalue weighted by Crippen LogP contribution is 2.65. The van der Waals surface area contributed by atoms with Gasteiger partial charge in [0.2, 0.25) is 0 Å². The Kier molecular flexibility index (Phi) is 2.72. The molecule has 106 valence electrons. The molecule has 0 saturated heterocycles. The Balaban J connectivity index is 1.43. The Hall–Kier alpha value is -1.58. The van der Waals surface area contributed by atoms with Gasteiger partial charge in [-0.1, -0.05) is 0 Å². The summed E-state index contributed by atoms with van der Waals surface area (Å²) in [6.45, 7) is 2.89. The first-order chi connectivity index (χ1) is 9.78. The van der Waals surface area contributed by atoms with E-state index >= 15 is 0 Å². The van der Waals surface area contributed by atoms with Crippen molar-refractivity contribution in [3.63, 3.8) is 0 Å². The minimum absolute atomic E-state index is 0.0106. The normalized spacial score (nSPS) is 36.5. The molecule has 0 aliphatic heterocycles. The number of nitrogens with one attached hydrogen (secondary N) is 2. The Bertz CT molecular complexity index is 528. The summed E-state index contributed by atoms with van der Waals surface area (Å²) >= 11 is 0. The fraction of sp³-hybridized carbons (Fsp3) is 0.625. The van der Waals surface area contributed by atoms with E-state index in [0.717, 1.165) is 35.9 Å². The molecular formula is C16H21N3O. The highest BCUT2D eigenvalue weighted by Gasteiger charge is 2.65. The van der Waals surface area contributed by atoms with Gasteiger partial charge in [-0.05, 0) is 62.0 Å². The lowest BCUT2D eigenvalue weighted by atomic mass is 10.0. The Labute approximate surface area is 119 Å². The lowest BCUT2D eigenvalue weighted by Gasteiger charge is -2.11. The van der Waals surface area contributed by atoms with Crippen molar-refractivity contribution in [2.45, 2.75) is 32.2 Å². The zero-order valence-electron chi connectivity index (χ0n) is 11.8. The molecule has 4 atom stereocenters. The molecule has 2 bridgehead atoms. The van der Waals surface area contributed by atoms with Crippen LogP contribution in [-0.4, -0.2) is 23.5 Å². The largest absolute Gasteiger partial charge is 0.385 e. The average molecular weight is 271 g/mol. The molecule has 4 nitrogen and oxygen atoms in total. The number of hydrogen-bond acceptors (Lipinski definition) is 3. The third kappa shape index (κ3) is 1.81. The van der Waals surface area contributed by atoms with Crippen molar-refractivity contribution < 1.29 is 4.79 Å². The summed E-state index contributed by atoms with van der Waals surface area (Å²) in [5, 5.41) is 6.43. The van der Waals surface area contributed by atoms with E-state index in [-0.39, 0.29) is 5.91 Å². The molecule has 0 spiro atoms. The van der Waals surface area contributed by atoms with Crippen molar-refractivity contribution in [1.29, 1.82) is 0 Å². The van der Waals surface area contributed by atoms with Gasteiger partial charge < -0.3 is 10.6 Å². The molecule has 1 aromatic heterocycles. The van der Waals surface area contributed by atoms with Crippen LogP contribution in [0.15, 0.2) is 18.3 Å². The summed E-state index contributed by atoms with van der Waals surface area (Å²) in [4.78, 5) is 16.5. The zero-order chi connectivity index (χ0) is 13.7. The van der Waals surface area contributed by atoms with Crippen molar-refractivity contribution in [3.8, 4) is 0 Å². The minimum Gasteiger partial charge on any atom is -0.385 e. The van der Waals surface area contributed by atoms with Gasteiger partial charge in [0.1, 0.15) is 5.69 Å². The topological polar surface area (TPSA) is 54.0 Å². The molecule has 3 saturated carbocycles. The van der Waals surface area contributed by atoms with Crippen LogP contribution in [0.3, 0.4) is 0 Å². The van der Waals surface area contributed by atoms with Gasteiger partial charge in [0.15, 0.2) is 0 Å². The van der Waals surface area contributed by atoms with E-state index in [9.17, 15) is 4.79 Å². The fourth-order valence-electron chi connectivity index (χ4n) is 4.61. The van der Waals surface area contributed by atoms with Crippen molar-refractivity contribution in [3.05, 3.63) is 24.0 Å². The molecule has 4 rings (SSSR count). The third-order valence-electron chi connectivity index (χ3n) is 5.41. The molecule has 4 heteroatoms. The third-order valence-corrected chi connectivity index (χ3v) is 5.41. The summed E-state index contributed by atoms with van der Waals surface area (Å²) in [6.07, 6.45) is 5.87. The molecule has 3 aliphatic rings. The van der Waals surface area contributed by atoms with E-state index in [1.54, 1.807) is 6.20 Å². The second-order valence-corrected chi connectivity index (χ2v) is 6.45. The summed E-state index contributed by atoms with van der Waals surface area (Å²) in [6, 6.07) is 4.16. The number of anilines is 1. The predicted molar refractivity (Wildman–Crippen MR) is 77.5 cm³/mol. The minimum atomic E-state index is -0.0106. The molecule has 1 aromatic rings. The summed E-state index contributed by atoms with van der Waals surface area (Å²) in [5.74, 6) is 3.31. The lowest BCUT2D eigenvalue weighted by molar-refractivity contribution is 0.0939. The van der Waals surface area contributed by atoms with Crippen LogP contribution in [-0.2, 0) is 0 Å². The van der Waals surface area contributed by atoms with E-state index in [0.29, 0.717) is 11.7 Å². The molecule has 0 radical (unpaired) electrons. The molecule has 1 amide bonds. The summed E-state index contributed by atoms with van der Waals surface area (Å²) in [5.41, 5.74) is 1.49. The van der Waals surface area contributed by atoms with Crippen molar-refractivity contribution in [1.82, 2.24) is 10.3 Å². The Morgan fingerprint density at radius 1 is 1.35 bits per heavy atom. The Morgan fingerprint density at radius 2 is 2.10 bits per heavy atom. The van der Waals surface area contributed by atoms with Crippen LogP contribution < -0.4 is 10.6 Å². The highest BCUT2D eigenvalue weighted by molar-refractivity contribution is 5.93. The van der Waals surface area contributed by atoms with Crippen LogP contribution in [0, 0.1) is 23.7 Å². The first-order valence-electron chi connectivity index (χ1n) is 7.78. The maximum atomic E-state index is 12.3. The quantitative estimate of drug-likeness (QED) is 0.883. The molecular weight excluding hydrogens is 250 g/mol. The average Bonchev–Trinajstić information content (AvgIpc) is 2.84. The van der Waals surface area contributed by atoms with Gasteiger partial charge in [0.25, 0.3) is 5.91 Å². The molecule has 1 heterocycles.